The number of aliphatic hydroxyl groups is 1. The summed E-state index contributed by atoms with van der Waals surface area (Å²) in [7, 11) is 2.96. The molecule has 22 heavy (non-hydrogen) atoms. The smallest absolute Gasteiger partial charge is 0.264 e. The van der Waals surface area contributed by atoms with E-state index in [0.29, 0.717) is 5.82 Å². The highest BCUT2D eigenvalue weighted by Gasteiger charge is 2.45. The van der Waals surface area contributed by atoms with E-state index in [1.165, 1.54) is 23.6 Å². The quantitative estimate of drug-likeness (QED) is 0.666. The maximum absolute atomic E-state index is 12.6. The van der Waals surface area contributed by atoms with E-state index >= 15 is 0 Å². The fourth-order valence-electron chi connectivity index (χ4n) is 2.57. The highest BCUT2D eigenvalue weighted by molar-refractivity contribution is 6.17. The molecule has 1 aromatic rings. The molecule has 0 aromatic carbocycles. The number of fused-ring (bicyclic) bond motifs is 2. The molecule has 0 radical (unpaired) electrons. The summed E-state index contributed by atoms with van der Waals surface area (Å²) in [5.74, 6) is -1.04. The van der Waals surface area contributed by atoms with Gasteiger partial charge in [-0.2, -0.15) is 0 Å². The van der Waals surface area contributed by atoms with Crippen molar-refractivity contribution in [3.05, 3.63) is 45.4 Å². The molecule has 1 fully saturated rings. The summed E-state index contributed by atoms with van der Waals surface area (Å²) in [5, 5.41) is 13.1. The van der Waals surface area contributed by atoms with Gasteiger partial charge < -0.3 is 10.4 Å². The molecule has 0 saturated carbocycles. The number of ketones is 1. The standard InChI is InChI=1S/C14H14N4O4/c1-5-15-9-7(13(21)17(5)3)12(20)10-8(11(9)19)14(22)18(4)6(2)16-10/h9,15,20H,1H2,2-4H3. The molecular weight excluding hydrogens is 288 g/mol. The zero-order valence-corrected chi connectivity index (χ0v) is 12.3. The van der Waals surface area contributed by atoms with Gasteiger partial charge >= 0.3 is 0 Å². The van der Waals surface area contributed by atoms with Crippen LogP contribution in [-0.4, -0.2) is 44.3 Å². The molecular formula is C14H14N4O4. The van der Waals surface area contributed by atoms with Gasteiger partial charge in [0.25, 0.3) is 11.5 Å². The molecule has 1 aliphatic heterocycles. The first-order valence-electron chi connectivity index (χ1n) is 6.54. The summed E-state index contributed by atoms with van der Waals surface area (Å²) < 4.78 is 1.22. The zero-order chi connectivity index (χ0) is 16.3. The van der Waals surface area contributed by atoms with Crippen LogP contribution in [0.15, 0.2) is 22.8 Å². The lowest BCUT2D eigenvalue weighted by Gasteiger charge is -2.36. The predicted octanol–water partition coefficient (Wildman–Crippen LogP) is -0.544. The Balaban J connectivity index is 2.36. The molecule has 1 unspecified atom stereocenters. The van der Waals surface area contributed by atoms with E-state index in [1.54, 1.807) is 6.92 Å². The maximum atomic E-state index is 12.6. The van der Waals surface area contributed by atoms with Gasteiger partial charge in [0.1, 0.15) is 28.9 Å². The number of amides is 1. The number of likely N-dealkylation sites (N-methyl/N-ethyl adjacent to an activating group) is 1. The lowest BCUT2D eigenvalue weighted by molar-refractivity contribution is -0.125. The number of aliphatic hydroxyl groups excluding tert-OH is 1. The maximum Gasteiger partial charge on any atom is 0.264 e. The number of aryl methyl sites for hydroxylation is 1. The molecule has 0 spiro atoms. The number of aromatic nitrogens is 2. The Morgan fingerprint density at radius 3 is 2.55 bits per heavy atom. The lowest BCUT2D eigenvalue weighted by Crippen LogP contribution is -2.55. The normalized spacial score (nSPS) is 20.8. The van der Waals surface area contributed by atoms with Crippen LogP contribution >= 0.6 is 0 Å². The average Bonchev–Trinajstić information content (AvgIpc) is 2.47. The molecule has 1 aliphatic carbocycles. The molecule has 1 amide bonds. The van der Waals surface area contributed by atoms with Crippen LogP contribution in [-0.2, 0) is 11.8 Å². The Labute approximate surface area is 125 Å². The molecule has 114 valence electrons. The Kier molecular flexibility index (Phi) is 2.74. The molecule has 3 rings (SSSR count). The van der Waals surface area contributed by atoms with E-state index < -0.39 is 29.1 Å². The first-order chi connectivity index (χ1) is 10.3. The Morgan fingerprint density at radius 1 is 1.27 bits per heavy atom. The third kappa shape index (κ3) is 1.57. The van der Waals surface area contributed by atoms with Crippen molar-refractivity contribution in [1.82, 2.24) is 19.8 Å². The molecule has 0 bridgehead atoms. The van der Waals surface area contributed by atoms with Crippen LogP contribution in [0.1, 0.15) is 21.9 Å². The van der Waals surface area contributed by atoms with Crippen molar-refractivity contribution in [2.24, 2.45) is 7.05 Å². The number of nitrogens with zero attached hydrogens (tertiary/aromatic N) is 3. The van der Waals surface area contributed by atoms with Crippen LogP contribution in [0.25, 0.3) is 5.76 Å². The molecule has 1 saturated heterocycles. The number of carbonyl (C=O) groups is 2. The highest BCUT2D eigenvalue weighted by Crippen LogP contribution is 2.31. The molecule has 2 aliphatic rings. The number of hydrogen-bond donors (Lipinski definition) is 2. The van der Waals surface area contributed by atoms with Gasteiger partial charge in [-0.25, -0.2) is 4.98 Å². The largest absolute Gasteiger partial charge is 0.505 e. The first-order valence-corrected chi connectivity index (χ1v) is 6.54. The first kappa shape index (κ1) is 14.1. The van der Waals surface area contributed by atoms with Crippen molar-refractivity contribution < 1.29 is 14.7 Å². The van der Waals surface area contributed by atoms with E-state index in [0.717, 1.165) is 0 Å². The van der Waals surface area contributed by atoms with Crippen LogP contribution in [0.4, 0.5) is 0 Å². The van der Waals surface area contributed by atoms with Crippen molar-refractivity contribution in [3.63, 3.8) is 0 Å². The fraction of sp³-hybridized carbons (Fsp3) is 0.286. The number of nitrogens with one attached hydrogen (secondary N) is 1. The van der Waals surface area contributed by atoms with Gasteiger partial charge in [0.05, 0.1) is 5.57 Å². The van der Waals surface area contributed by atoms with Crippen molar-refractivity contribution >= 4 is 17.4 Å². The summed E-state index contributed by atoms with van der Waals surface area (Å²) in [6.07, 6.45) is 0. The van der Waals surface area contributed by atoms with Crippen LogP contribution in [0.5, 0.6) is 0 Å². The molecule has 1 aromatic heterocycles. The highest BCUT2D eigenvalue weighted by atomic mass is 16.3. The van der Waals surface area contributed by atoms with Gasteiger partial charge in [0.2, 0.25) is 0 Å². The molecule has 1 atom stereocenters. The number of Topliss-reactive ketones (excluding diaryl/α,β-unsaturated/α-hetero) is 1. The Bertz CT molecular complexity index is 849. The van der Waals surface area contributed by atoms with Crippen LogP contribution < -0.4 is 10.9 Å². The van der Waals surface area contributed by atoms with Crippen LogP contribution in [0, 0.1) is 6.92 Å². The second-order valence-corrected chi connectivity index (χ2v) is 5.26. The van der Waals surface area contributed by atoms with E-state index in [-0.39, 0.29) is 22.7 Å². The van der Waals surface area contributed by atoms with Crippen LogP contribution in [0.3, 0.4) is 0 Å². The van der Waals surface area contributed by atoms with Gasteiger partial charge in [-0.1, -0.05) is 6.58 Å². The zero-order valence-electron chi connectivity index (χ0n) is 12.3. The van der Waals surface area contributed by atoms with Gasteiger partial charge in [0.15, 0.2) is 11.5 Å². The predicted molar refractivity (Wildman–Crippen MR) is 76.9 cm³/mol. The van der Waals surface area contributed by atoms with Crippen LogP contribution in [0.2, 0.25) is 0 Å². The van der Waals surface area contributed by atoms with Crippen molar-refractivity contribution in [1.29, 1.82) is 0 Å². The van der Waals surface area contributed by atoms with Crippen molar-refractivity contribution in [3.8, 4) is 0 Å². The average molecular weight is 302 g/mol. The summed E-state index contributed by atoms with van der Waals surface area (Å²) in [4.78, 5) is 42.5. The topological polar surface area (TPSA) is 105 Å². The molecule has 8 heteroatoms. The van der Waals surface area contributed by atoms with Gasteiger partial charge in [-0.05, 0) is 6.92 Å². The molecule has 2 heterocycles. The second-order valence-electron chi connectivity index (χ2n) is 5.26. The van der Waals surface area contributed by atoms with Crippen molar-refractivity contribution in [2.75, 3.05) is 7.05 Å². The SMILES string of the molecule is C=C1NC2C(=O)c3c(nc(C)n(C)c3=O)C(O)=C2C(=O)N1C. The minimum absolute atomic E-state index is 0.118. The third-order valence-corrected chi connectivity index (χ3v) is 4.04. The monoisotopic (exact) mass is 302 g/mol. The Hall–Kier alpha value is -2.90. The number of hydrogen-bond acceptors (Lipinski definition) is 6. The number of rotatable bonds is 0. The molecule has 8 nitrogen and oxygen atoms in total. The summed E-state index contributed by atoms with van der Waals surface area (Å²) in [5.41, 5.74) is -1.05. The summed E-state index contributed by atoms with van der Waals surface area (Å²) in [6, 6.07) is -1.12. The minimum Gasteiger partial charge on any atom is -0.505 e. The third-order valence-electron chi connectivity index (χ3n) is 4.04. The Morgan fingerprint density at radius 2 is 1.91 bits per heavy atom. The summed E-state index contributed by atoms with van der Waals surface area (Å²) in [6.45, 7) is 5.22. The van der Waals surface area contributed by atoms with E-state index in [4.69, 9.17) is 0 Å². The lowest BCUT2D eigenvalue weighted by atomic mass is 9.86. The summed E-state index contributed by atoms with van der Waals surface area (Å²) >= 11 is 0. The van der Waals surface area contributed by atoms with E-state index in [9.17, 15) is 19.5 Å². The second kappa shape index (κ2) is 4.30. The van der Waals surface area contributed by atoms with Gasteiger partial charge in [0, 0.05) is 14.1 Å². The fourth-order valence-corrected chi connectivity index (χ4v) is 2.57. The van der Waals surface area contributed by atoms with Gasteiger partial charge in [-0.3, -0.25) is 23.9 Å². The van der Waals surface area contributed by atoms with Crippen molar-refractivity contribution in [2.45, 2.75) is 13.0 Å². The number of carbonyl (C=O) groups excluding carboxylic acids is 2. The minimum atomic E-state index is -1.12. The van der Waals surface area contributed by atoms with E-state index in [2.05, 4.69) is 16.9 Å². The van der Waals surface area contributed by atoms with E-state index in [1.807, 2.05) is 0 Å². The van der Waals surface area contributed by atoms with Gasteiger partial charge in [-0.15, -0.1) is 0 Å². The molecule has 2 N–H and O–H groups in total.